The number of rotatable bonds is 5. The van der Waals surface area contributed by atoms with E-state index in [1.54, 1.807) is 6.07 Å². The number of hydrogen-bond donors (Lipinski definition) is 1. The van der Waals surface area contributed by atoms with Gasteiger partial charge < -0.3 is 5.32 Å². The maximum absolute atomic E-state index is 13.1. The van der Waals surface area contributed by atoms with Crippen LogP contribution < -0.4 is 5.32 Å². The van der Waals surface area contributed by atoms with Gasteiger partial charge in [0.05, 0.1) is 11.9 Å². The quantitative estimate of drug-likeness (QED) is 0.731. The highest BCUT2D eigenvalue weighted by atomic mass is 19.1. The van der Waals surface area contributed by atoms with E-state index in [1.165, 1.54) is 16.8 Å². The molecule has 0 spiro atoms. The first kappa shape index (κ1) is 13.5. The van der Waals surface area contributed by atoms with E-state index < -0.39 is 0 Å². The highest BCUT2D eigenvalue weighted by Gasteiger charge is 2.04. The predicted molar refractivity (Wildman–Crippen MR) is 77.8 cm³/mol. The molecule has 0 aromatic carbocycles. The van der Waals surface area contributed by atoms with Gasteiger partial charge in [0.25, 0.3) is 0 Å². The lowest BCUT2D eigenvalue weighted by molar-refractivity contribution is 0.573. The van der Waals surface area contributed by atoms with Crippen molar-refractivity contribution in [2.24, 2.45) is 0 Å². The molecular weight excluding hydrogens is 271 g/mol. The second kappa shape index (κ2) is 5.51. The van der Waals surface area contributed by atoms with Gasteiger partial charge in [0.1, 0.15) is 5.82 Å². The van der Waals surface area contributed by atoms with E-state index in [0.717, 1.165) is 30.9 Å². The van der Waals surface area contributed by atoms with Crippen molar-refractivity contribution in [2.45, 2.75) is 26.8 Å². The monoisotopic (exact) mass is 288 g/mol. The van der Waals surface area contributed by atoms with Crippen molar-refractivity contribution >= 4 is 11.6 Å². The van der Waals surface area contributed by atoms with Crippen molar-refractivity contribution in [3.05, 3.63) is 41.6 Å². The van der Waals surface area contributed by atoms with Crippen LogP contribution in [0.3, 0.4) is 0 Å². The third-order valence-corrected chi connectivity index (χ3v) is 3.23. The van der Waals surface area contributed by atoms with Crippen molar-refractivity contribution in [1.29, 1.82) is 0 Å². The Balaban J connectivity index is 1.55. The molecule has 0 radical (unpaired) electrons. The second-order valence-electron chi connectivity index (χ2n) is 5.02. The molecular formula is C14H17FN6. The fourth-order valence-corrected chi connectivity index (χ4v) is 2.26. The lowest BCUT2D eigenvalue weighted by atomic mass is 10.4. The summed E-state index contributed by atoms with van der Waals surface area (Å²) in [7, 11) is 0. The molecule has 0 saturated carbocycles. The van der Waals surface area contributed by atoms with Crippen molar-refractivity contribution in [2.75, 3.05) is 11.9 Å². The average Bonchev–Trinajstić information content (AvgIpc) is 2.97. The summed E-state index contributed by atoms with van der Waals surface area (Å²) < 4.78 is 16.5. The minimum Gasteiger partial charge on any atom is -0.353 e. The molecule has 0 atom stereocenters. The van der Waals surface area contributed by atoms with Crippen LogP contribution in [0.1, 0.15) is 17.8 Å². The van der Waals surface area contributed by atoms with Crippen molar-refractivity contribution in [1.82, 2.24) is 24.4 Å². The van der Waals surface area contributed by atoms with Gasteiger partial charge in [-0.3, -0.25) is 4.68 Å². The summed E-state index contributed by atoms with van der Waals surface area (Å²) in [6.07, 6.45) is 2.22. The molecule has 0 bridgehead atoms. The molecule has 0 unspecified atom stereocenters. The van der Waals surface area contributed by atoms with Gasteiger partial charge in [-0.2, -0.15) is 10.1 Å². The Morgan fingerprint density at radius 2 is 2.10 bits per heavy atom. The molecule has 1 N–H and O–H groups in total. The zero-order chi connectivity index (χ0) is 14.8. The fraction of sp³-hybridized carbons (Fsp3) is 0.357. The van der Waals surface area contributed by atoms with Gasteiger partial charge in [0, 0.05) is 18.8 Å². The van der Waals surface area contributed by atoms with Crippen LogP contribution in [0.5, 0.6) is 0 Å². The Bertz CT molecular complexity index is 760. The molecule has 3 aromatic rings. The van der Waals surface area contributed by atoms with E-state index in [2.05, 4.69) is 26.6 Å². The van der Waals surface area contributed by atoms with Gasteiger partial charge in [-0.05, 0) is 38.5 Å². The number of nitrogens with one attached hydrogen (secondary N) is 1. The highest BCUT2D eigenvalue weighted by molar-refractivity contribution is 5.42. The van der Waals surface area contributed by atoms with Crippen molar-refractivity contribution in [3.63, 3.8) is 0 Å². The minimum absolute atomic E-state index is 0.330. The predicted octanol–water partition coefficient (Wildman–Crippen LogP) is 2.18. The van der Waals surface area contributed by atoms with Crippen LogP contribution in [0.25, 0.3) is 5.65 Å². The maximum Gasteiger partial charge on any atom is 0.243 e. The summed E-state index contributed by atoms with van der Waals surface area (Å²) >= 11 is 0. The summed E-state index contributed by atoms with van der Waals surface area (Å²) in [5.74, 6) is 0.178. The molecule has 21 heavy (non-hydrogen) atoms. The van der Waals surface area contributed by atoms with E-state index in [4.69, 9.17) is 0 Å². The molecule has 0 aliphatic rings. The zero-order valence-corrected chi connectivity index (χ0v) is 12.0. The van der Waals surface area contributed by atoms with Gasteiger partial charge in [0.2, 0.25) is 5.95 Å². The molecule has 110 valence electrons. The number of nitrogens with zero attached hydrogens (tertiary/aromatic N) is 5. The molecule has 0 aliphatic heterocycles. The van der Waals surface area contributed by atoms with Crippen LogP contribution in [-0.2, 0) is 6.54 Å². The van der Waals surface area contributed by atoms with Crippen LogP contribution in [0.4, 0.5) is 10.3 Å². The van der Waals surface area contributed by atoms with Crippen molar-refractivity contribution in [3.8, 4) is 0 Å². The van der Waals surface area contributed by atoms with Gasteiger partial charge in [-0.15, -0.1) is 5.10 Å². The first-order valence-corrected chi connectivity index (χ1v) is 6.89. The van der Waals surface area contributed by atoms with Crippen LogP contribution in [0.15, 0.2) is 24.4 Å². The van der Waals surface area contributed by atoms with Gasteiger partial charge in [-0.1, -0.05) is 0 Å². The standard InChI is InChI=1S/C14H17FN6/c1-10-8-11(2)20(18-10)7-3-6-16-14-17-13-5-4-12(15)9-21(13)19-14/h4-5,8-9H,3,6-7H2,1-2H3,(H,16,19). The molecule has 3 heterocycles. The number of hydrogen-bond acceptors (Lipinski definition) is 4. The Morgan fingerprint density at radius 1 is 1.24 bits per heavy atom. The number of pyridine rings is 1. The number of aromatic nitrogens is 5. The van der Waals surface area contributed by atoms with E-state index in [9.17, 15) is 4.39 Å². The van der Waals surface area contributed by atoms with Crippen LogP contribution in [-0.4, -0.2) is 30.9 Å². The van der Waals surface area contributed by atoms with Crippen LogP contribution in [0.2, 0.25) is 0 Å². The summed E-state index contributed by atoms with van der Waals surface area (Å²) in [4.78, 5) is 4.27. The fourth-order valence-electron chi connectivity index (χ4n) is 2.26. The number of aryl methyl sites for hydroxylation is 3. The van der Waals surface area contributed by atoms with Gasteiger partial charge >= 0.3 is 0 Å². The normalized spacial score (nSPS) is 11.2. The largest absolute Gasteiger partial charge is 0.353 e. The lowest BCUT2D eigenvalue weighted by Crippen LogP contribution is -2.09. The van der Waals surface area contributed by atoms with E-state index in [0.29, 0.717) is 11.6 Å². The summed E-state index contributed by atoms with van der Waals surface area (Å²) in [6.45, 7) is 5.61. The number of halogens is 1. The molecule has 0 saturated heterocycles. The molecule has 3 aromatic heterocycles. The smallest absolute Gasteiger partial charge is 0.243 e. The molecule has 0 aliphatic carbocycles. The first-order chi connectivity index (χ1) is 10.1. The Kier molecular flexibility index (Phi) is 3.55. The minimum atomic E-state index is -0.330. The summed E-state index contributed by atoms with van der Waals surface area (Å²) in [5.41, 5.74) is 2.82. The topological polar surface area (TPSA) is 60.0 Å². The molecule has 0 fully saturated rings. The third kappa shape index (κ3) is 3.01. The number of anilines is 1. The maximum atomic E-state index is 13.1. The average molecular weight is 288 g/mol. The molecule has 3 rings (SSSR count). The van der Waals surface area contributed by atoms with E-state index >= 15 is 0 Å². The Morgan fingerprint density at radius 3 is 2.86 bits per heavy atom. The van der Waals surface area contributed by atoms with E-state index in [1.807, 2.05) is 18.5 Å². The second-order valence-corrected chi connectivity index (χ2v) is 5.02. The lowest BCUT2D eigenvalue weighted by Gasteiger charge is -2.04. The van der Waals surface area contributed by atoms with Gasteiger partial charge in [0.15, 0.2) is 5.65 Å². The van der Waals surface area contributed by atoms with Crippen molar-refractivity contribution < 1.29 is 4.39 Å². The van der Waals surface area contributed by atoms with Crippen LogP contribution >= 0.6 is 0 Å². The third-order valence-electron chi connectivity index (χ3n) is 3.23. The van der Waals surface area contributed by atoms with Crippen LogP contribution in [0, 0.1) is 19.7 Å². The first-order valence-electron chi connectivity index (χ1n) is 6.89. The molecule has 0 amide bonds. The summed E-state index contributed by atoms with van der Waals surface area (Å²) in [5, 5.41) is 11.7. The summed E-state index contributed by atoms with van der Waals surface area (Å²) in [6, 6.07) is 5.03. The highest BCUT2D eigenvalue weighted by Crippen LogP contribution is 2.07. The molecule has 7 heteroatoms. The van der Waals surface area contributed by atoms with Gasteiger partial charge in [-0.25, -0.2) is 8.91 Å². The Hall–Kier alpha value is -2.44. The number of fused-ring (bicyclic) bond motifs is 1. The van der Waals surface area contributed by atoms with E-state index in [-0.39, 0.29) is 5.82 Å². The molecule has 6 nitrogen and oxygen atoms in total. The Labute approximate surface area is 121 Å². The SMILES string of the molecule is Cc1cc(C)n(CCCNc2nc3ccc(F)cn3n2)n1. The zero-order valence-electron chi connectivity index (χ0n) is 12.0.